The third-order valence-corrected chi connectivity index (χ3v) is 2.86. The van der Waals surface area contributed by atoms with E-state index in [1.165, 1.54) is 16.7 Å². The maximum Gasteiger partial charge on any atom is 0.124 e. The van der Waals surface area contributed by atoms with Crippen molar-refractivity contribution < 1.29 is 9.84 Å². The van der Waals surface area contributed by atoms with E-state index in [-0.39, 0.29) is 6.61 Å². The predicted octanol–water partition coefficient (Wildman–Crippen LogP) is 2.03. The number of aliphatic hydroxyl groups excluding tert-OH is 1. The number of ether oxygens (including phenoxy) is 1. The summed E-state index contributed by atoms with van der Waals surface area (Å²) in [7, 11) is 1.70. The van der Waals surface area contributed by atoms with Crippen molar-refractivity contribution in [1.82, 2.24) is 5.32 Å². The minimum atomic E-state index is 0.230. The molecule has 1 rings (SSSR count). The molecular formula is C14H23NO2. The Morgan fingerprint density at radius 3 is 2.35 bits per heavy atom. The van der Waals surface area contributed by atoms with Gasteiger partial charge < -0.3 is 15.2 Å². The van der Waals surface area contributed by atoms with E-state index in [9.17, 15) is 0 Å². The van der Waals surface area contributed by atoms with Gasteiger partial charge in [-0.3, -0.25) is 0 Å². The van der Waals surface area contributed by atoms with Crippen LogP contribution in [0.15, 0.2) is 12.1 Å². The first-order valence-corrected chi connectivity index (χ1v) is 6.04. The summed E-state index contributed by atoms with van der Waals surface area (Å²) in [6.45, 7) is 8.04. The molecule has 0 fully saturated rings. The predicted molar refractivity (Wildman–Crippen MR) is 70.4 cm³/mol. The van der Waals surface area contributed by atoms with Crippen molar-refractivity contribution in [3.05, 3.63) is 28.8 Å². The summed E-state index contributed by atoms with van der Waals surface area (Å²) in [6, 6.07) is 4.28. The molecule has 0 amide bonds. The average Bonchev–Trinajstić information content (AvgIpc) is 2.28. The Kier molecular flexibility index (Phi) is 5.45. The van der Waals surface area contributed by atoms with Crippen molar-refractivity contribution in [1.29, 1.82) is 0 Å². The second-order valence-corrected chi connectivity index (χ2v) is 4.68. The monoisotopic (exact) mass is 237 g/mol. The van der Waals surface area contributed by atoms with Gasteiger partial charge in [0.25, 0.3) is 0 Å². The highest BCUT2D eigenvalue weighted by Gasteiger charge is 2.05. The van der Waals surface area contributed by atoms with Crippen LogP contribution in [0.1, 0.15) is 23.6 Å². The number of rotatable bonds is 6. The summed E-state index contributed by atoms with van der Waals surface area (Å²) in [5, 5.41) is 12.3. The zero-order chi connectivity index (χ0) is 12.8. The molecule has 3 nitrogen and oxygen atoms in total. The lowest BCUT2D eigenvalue weighted by atomic mass is 10.1. The molecule has 0 saturated heterocycles. The van der Waals surface area contributed by atoms with Crippen LogP contribution in [0.3, 0.4) is 0 Å². The Labute approximate surface area is 104 Å². The second kappa shape index (κ2) is 6.62. The molecule has 0 aliphatic rings. The summed E-state index contributed by atoms with van der Waals surface area (Å²) in [4.78, 5) is 0. The van der Waals surface area contributed by atoms with E-state index in [1.54, 1.807) is 7.11 Å². The van der Waals surface area contributed by atoms with Crippen molar-refractivity contribution in [3.63, 3.8) is 0 Å². The number of hydrogen-bond donors (Lipinski definition) is 2. The van der Waals surface area contributed by atoms with Crippen LogP contribution in [0.25, 0.3) is 0 Å². The molecule has 1 aromatic carbocycles. The van der Waals surface area contributed by atoms with Crippen molar-refractivity contribution in [3.8, 4) is 5.75 Å². The van der Waals surface area contributed by atoms with Crippen molar-refractivity contribution in [2.24, 2.45) is 5.92 Å². The first-order valence-electron chi connectivity index (χ1n) is 6.04. The molecule has 0 saturated carbocycles. The van der Waals surface area contributed by atoms with E-state index in [0.29, 0.717) is 5.92 Å². The van der Waals surface area contributed by atoms with Gasteiger partial charge in [0.15, 0.2) is 0 Å². The summed E-state index contributed by atoms with van der Waals surface area (Å²) < 4.78 is 5.34. The maximum atomic E-state index is 8.93. The lowest BCUT2D eigenvalue weighted by Crippen LogP contribution is -2.22. The van der Waals surface area contributed by atoms with Gasteiger partial charge in [-0.15, -0.1) is 0 Å². The highest BCUT2D eigenvalue weighted by atomic mass is 16.5. The molecule has 3 heteroatoms. The van der Waals surface area contributed by atoms with E-state index in [0.717, 1.165) is 18.8 Å². The number of hydrogen-bond acceptors (Lipinski definition) is 3. The van der Waals surface area contributed by atoms with Crippen LogP contribution in [0.2, 0.25) is 0 Å². The number of methoxy groups -OCH3 is 1. The number of nitrogens with one attached hydrogen (secondary N) is 1. The van der Waals surface area contributed by atoms with Gasteiger partial charge in [0, 0.05) is 19.7 Å². The molecule has 0 aromatic heterocycles. The van der Waals surface area contributed by atoms with E-state index in [4.69, 9.17) is 9.84 Å². The SMILES string of the molecule is COc1c(C)cc(CNCC(C)CO)cc1C. The smallest absolute Gasteiger partial charge is 0.124 e. The largest absolute Gasteiger partial charge is 0.496 e. The number of aryl methyl sites for hydroxylation is 2. The molecule has 1 unspecified atom stereocenters. The van der Waals surface area contributed by atoms with E-state index >= 15 is 0 Å². The average molecular weight is 237 g/mol. The molecule has 96 valence electrons. The van der Waals surface area contributed by atoms with Gasteiger partial charge in [0.05, 0.1) is 7.11 Å². The molecular weight excluding hydrogens is 214 g/mol. The van der Waals surface area contributed by atoms with Gasteiger partial charge in [-0.05, 0) is 36.5 Å². The highest BCUT2D eigenvalue weighted by Crippen LogP contribution is 2.24. The third-order valence-electron chi connectivity index (χ3n) is 2.86. The van der Waals surface area contributed by atoms with Gasteiger partial charge >= 0.3 is 0 Å². The lowest BCUT2D eigenvalue weighted by molar-refractivity contribution is 0.233. The van der Waals surface area contributed by atoms with Crippen molar-refractivity contribution >= 4 is 0 Å². The molecule has 0 aliphatic carbocycles. The van der Waals surface area contributed by atoms with Gasteiger partial charge in [0.1, 0.15) is 5.75 Å². The summed E-state index contributed by atoms with van der Waals surface area (Å²) in [5.41, 5.74) is 3.59. The molecule has 0 spiro atoms. The molecule has 0 radical (unpaired) electrons. The van der Waals surface area contributed by atoms with Crippen LogP contribution in [-0.4, -0.2) is 25.4 Å². The van der Waals surface area contributed by atoms with Crippen LogP contribution in [0, 0.1) is 19.8 Å². The van der Waals surface area contributed by atoms with Crippen LogP contribution >= 0.6 is 0 Å². The van der Waals surface area contributed by atoms with Gasteiger partial charge in [-0.2, -0.15) is 0 Å². The van der Waals surface area contributed by atoms with Crippen LogP contribution in [0.5, 0.6) is 5.75 Å². The van der Waals surface area contributed by atoms with Crippen LogP contribution < -0.4 is 10.1 Å². The fraction of sp³-hybridized carbons (Fsp3) is 0.571. The highest BCUT2D eigenvalue weighted by molar-refractivity contribution is 5.43. The van der Waals surface area contributed by atoms with Crippen LogP contribution in [0.4, 0.5) is 0 Å². The Balaban J connectivity index is 2.61. The zero-order valence-corrected chi connectivity index (χ0v) is 11.2. The first kappa shape index (κ1) is 14.0. The van der Waals surface area contributed by atoms with Crippen LogP contribution in [-0.2, 0) is 6.54 Å². The van der Waals surface area contributed by atoms with Gasteiger partial charge in [-0.1, -0.05) is 19.1 Å². The minimum Gasteiger partial charge on any atom is -0.496 e. The molecule has 2 N–H and O–H groups in total. The Hall–Kier alpha value is -1.06. The first-order chi connectivity index (χ1) is 8.08. The van der Waals surface area contributed by atoms with E-state index in [2.05, 4.69) is 31.3 Å². The van der Waals surface area contributed by atoms with E-state index in [1.807, 2.05) is 6.92 Å². The summed E-state index contributed by atoms with van der Waals surface area (Å²) in [5.74, 6) is 1.27. The van der Waals surface area contributed by atoms with Gasteiger partial charge in [-0.25, -0.2) is 0 Å². The Morgan fingerprint density at radius 2 is 1.88 bits per heavy atom. The van der Waals surface area contributed by atoms with Gasteiger partial charge in [0.2, 0.25) is 0 Å². The standard InChI is InChI=1S/C14H23NO2/c1-10(9-16)7-15-8-13-5-11(2)14(17-4)12(3)6-13/h5-6,10,15-16H,7-9H2,1-4H3. The number of benzene rings is 1. The quantitative estimate of drug-likeness (QED) is 0.795. The lowest BCUT2D eigenvalue weighted by Gasteiger charge is -2.13. The summed E-state index contributed by atoms with van der Waals surface area (Å²) in [6.07, 6.45) is 0. The fourth-order valence-electron chi connectivity index (χ4n) is 1.99. The normalized spacial score (nSPS) is 12.5. The topological polar surface area (TPSA) is 41.5 Å². The third kappa shape index (κ3) is 4.02. The zero-order valence-electron chi connectivity index (χ0n) is 11.2. The fourth-order valence-corrected chi connectivity index (χ4v) is 1.99. The molecule has 1 atom stereocenters. The van der Waals surface area contributed by atoms with Crippen molar-refractivity contribution in [2.75, 3.05) is 20.3 Å². The molecule has 0 heterocycles. The van der Waals surface area contributed by atoms with Crippen molar-refractivity contribution in [2.45, 2.75) is 27.3 Å². The molecule has 1 aromatic rings. The molecule has 0 aliphatic heterocycles. The Morgan fingerprint density at radius 1 is 1.29 bits per heavy atom. The molecule has 0 bridgehead atoms. The van der Waals surface area contributed by atoms with E-state index < -0.39 is 0 Å². The summed E-state index contributed by atoms with van der Waals surface area (Å²) >= 11 is 0. The Bertz CT molecular complexity index is 340. The maximum absolute atomic E-state index is 8.93. The number of aliphatic hydroxyl groups is 1. The minimum absolute atomic E-state index is 0.230. The second-order valence-electron chi connectivity index (χ2n) is 4.68. The molecule has 17 heavy (non-hydrogen) atoms.